The molecule has 2 heterocycles. The molecule has 3 rings (SSSR count). The van der Waals surface area contributed by atoms with Crippen LogP contribution >= 0.6 is 35.7 Å². The Morgan fingerprint density at radius 2 is 2.21 bits per heavy atom. The van der Waals surface area contributed by atoms with E-state index in [2.05, 4.69) is 4.98 Å². The monoisotopic (exact) mass is 318 g/mol. The summed E-state index contributed by atoms with van der Waals surface area (Å²) < 4.78 is 29.5. The second-order valence-electron chi connectivity index (χ2n) is 4.37. The zero-order chi connectivity index (χ0) is 13.4. The molecule has 0 bridgehead atoms. The highest BCUT2D eigenvalue weighted by atomic mass is 32.2. The molecule has 102 valence electrons. The van der Waals surface area contributed by atoms with E-state index in [4.69, 9.17) is 12.2 Å². The standard InChI is InChI=1S/C12H12F2N2S3/c13-8-1-2-9-11(10(8)14)16(12(17)15-9)5-7-6-18-3-4-19-7/h1-2,7H,3-6H2,(H,15,17). The van der Waals surface area contributed by atoms with Crippen molar-refractivity contribution < 1.29 is 8.78 Å². The Morgan fingerprint density at radius 3 is 2.95 bits per heavy atom. The average Bonchev–Trinajstić information content (AvgIpc) is 2.73. The fourth-order valence-electron chi connectivity index (χ4n) is 2.21. The molecule has 1 fully saturated rings. The van der Waals surface area contributed by atoms with E-state index in [0.717, 1.165) is 23.3 Å². The highest BCUT2D eigenvalue weighted by Crippen LogP contribution is 2.27. The summed E-state index contributed by atoms with van der Waals surface area (Å²) in [5.41, 5.74) is 0.804. The number of hydrogen-bond acceptors (Lipinski definition) is 3. The number of aromatic nitrogens is 2. The first kappa shape index (κ1) is 13.5. The molecular formula is C12H12F2N2S3. The molecule has 1 aromatic heterocycles. The van der Waals surface area contributed by atoms with E-state index >= 15 is 0 Å². The summed E-state index contributed by atoms with van der Waals surface area (Å²) in [5.74, 6) is 1.63. The van der Waals surface area contributed by atoms with Gasteiger partial charge in [-0.3, -0.25) is 0 Å². The number of nitrogens with one attached hydrogen (secondary N) is 1. The van der Waals surface area contributed by atoms with E-state index in [1.165, 1.54) is 6.07 Å². The van der Waals surface area contributed by atoms with Gasteiger partial charge in [0.05, 0.1) is 5.52 Å². The molecule has 19 heavy (non-hydrogen) atoms. The van der Waals surface area contributed by atoms with Crippen molar-refractivity contribution in [3.63, 3.8) is 0 Å². The van der Waals surface area contributed by atoms with Gasteiger partial charge in [-0.05, 0) is 24.4 Å². The Labute approximate surface area is 123 Å². The van der Waals surface area contributed by atoms with Crippen LogP contribution in [0.1, 0.15) is 0 Å². The van der Waals surface area contributed by atoms with Crippen molar-refractivity contribution in [3.05, 3.63) is 28.5 Å². The first-order valence-corrected chi connectivity index (χ1v) is 8.54. The maximum Gasteiger partial charge on any atom is 0.184 e. The molecule has 1 saturated heterocycles. The summed E-state index contributed by atoms with van der Waals surface area (Å²) in [6, 6.07) is 2.65. The van der Waals surface area contributed by atoms with Gasteiger partial charge in [0.1, 0.15) is 5.52 Å². The van der Waals surface area contributed by atoms with Crippen molar-refractivity contribution in [1.29, 1.82) is 0 Å². The molecule has 2 aromatic rings. The van der Waals surface area contributed by atoms with Crippen molar-refractivity contribution in [2.45, 2.75) is 11.8 Å². The first-order valence-electron chi connectivity index (χ1n) is 5.92. The molecule has 0 aliphatic carbocycles. The van der Waals surface area contributed by atoms with Gasteiger partial charge in [0.25, 0.3) is 0 Å². The summed E-state index contributed by atoms with van der Waals surface area (Å²) in [4.78, 5) is 2.94. The van der Waals surface area contributed by atoms with Gasteiger partial charge in [0, 0.05) is 29.1 Å². The maximum atomic E-state index is 14.0. The number of hydrogen-bond donors (Lipinski definition) is 1. The van der Waals surface area contributed by atoms with Crippen LogP contribution in [0.15, 0.2) is 12.1 Å². The fourth-order valence-corrected chi connectivity index (χ4v) is 5.14. The minimum Gasteiger partial charge on any atom is -0.330 e. The lowest BCUT2D eigenvalue weighted by atomic mass is 10.3. The number of benzene rings is 1. The molecule has 0 spiro atoms. The van der Waals surface area contributed by atoms with Gasteiger partial charge < -0.3 is 9.55 Å². The van der Waals surface area contributed by atoms with Crippen LogP contribution in [0, 0.1) is 16.4 Å². The predicted molar refractivity (Wildman–Crippen MR) is 80.6 cm³/mol. The number of rotatable bonds is 2. The molecule has 7 heteroatoms. The fraction of sp³-hybridized carbons (Fsp3) is 0.417. The third kappa shape index (κ3) is 2.55. The second-order valence-corrected chi connectivity index (χ2v) is 7.31. The minimum atomic E-state index is -0.832. The number of halogens is 2. The molecule has 1 N–H and O–H groups in total. The van der Waals surface area contributed by atoms with E-state index < -0.39 is 11.6 Å². The highest BCUT2D eigenvalue weighted by Gasteiger charge is 2.19. The summed E-state index contributed by atoms with van der Waals surface area (Å²) in [7, 11) is 0. The van der Waals surface area contributed by atoms with Gasteiger partial charge in [-0.1, -0.05) is 0 Å². The van der Waals surface area contributed by atoms with Crippen LogP contribution in [0.4, 0.5) is 8.78 Å². The van der Waals surface area contributed by atoms with Crippen LogP contribution in [0.2, 0.25) is 0 Å². The third-order valence-corrected chi connectivity index (χ3v) is 6.25. The molecule has 1 atom stereocenters. The molecule has 0 amide bonds. The van der Waals surface area contributed by atoms with Crippen molar-refractivity contribution in [2.75, 3.05) is 17.3 Å². The Bertz CT molecular complexity index is 659. The summed E-state index contributed by atoms with van der Waals surface area (Å²) in [6.07, 6.45) is 0. The van der Waals surface area contributed by atoms with Crippen LogP contribution in [-0.2, 0) is 6.54 Å². The Kier molecular flexibility index (Phi) is 3.86. The van der Waals surface area contributed by atoms with Crippen LogP contribution < -0.4 is 0 Å². The van der Waals surface area contributed by atoms with Gasteiger partial charge in [0.2, 0.25) is 0 Å². The number of thioether (sulfide) groups is 2. The molecule has 1 aliphatic heterocycles. The van der Waals surface area contributed by atoms with Gasteiger partial charge in [-0.15, -0.1) is 0 Å². The van der Waals surface area contributed by atoms with Crippen molar-refractivity contribution in [1.82, 2.24) is 9.55 Å². The largest absolute Gasteiger partial charge is 0.330 e. The molecule has 1 aliphatic rings. The zero-order valence-corrected chi connectivity index (χ0v) is 12.4. The lowest BCUT2D eigenvalue weighted by Crippen LogP contribution is -2.20. The summed E-state index contributed by atoms with van der Waals surface area (Å²) in [5, 5.41) is 0.395. The zero-order valence-electron chi connectivity index (χ0n) is 9.99. The van der Waals surface area contributed by atoms with Crippen LogP contribution in [0.5, 0.6) is 0 Å². The quantitative estimate of drug-likeness (QED) is 0.850. The maximum absolute atomic E-state index is 14.0. The van der Waals surface area contributed by atoms with E-state index in [9.17, 15) is 8.78 Å². The van der Waals surface area contributed by atoms with Crippen LogP contribution in [0.3, 0.4) is 0 Å². The van der Waals surface area contributed by atoms with Gasteiger partial charge in [-0.25, -0.2) is 8.78 Å². The lowest BCUT2D eigenvalue weighted by molar-refractivity contribution is 0.510. The third-order valence-electron chi connectivity index (χ3n) is 3.10. The second kappa shape index (κ2) is 5.46. The van der Waals surface area contributed by atoms with Crippen LogP contribution in [0.25, 0.3) is 11.0 Å². The highest BCUT2D eigenvalue weighted by molar-refractivity contribution is 8.06. The SMILES string of the molecule is Fc1ccc2[nH]c(=S)n(CC3CSCCS3)c2c1F. The molecule has 1 aromatic carbocycles. The van der Waals surface area contributed by atoms with Crippen molar-refractivity contribution in [2.24, 2.45) is 0 Å². The van der Waals surface area contributed by atoms with E-state index in [0.29, 0.717) is 22.1 Å². The number of fused-ring (bicyclic) bond motifs is 1. The van der Waals surface area contributed by atoms with E-state index in [1.807, 2.05) is 23.5 Å². The average molecular weight is 318 g/mol. The molecule has 1 unspecified atom stereocenters. The lowest BCUT2D eigenvalue weighted by Gasteiger charge is -2.21. The van der Waals surface area contributed by atoms with E-state index in [-0.39, 0.29) is 5.52 Å². The van der Waals surface area contributed by atoms with E-state index in [1.54, 1.807) is 4.57 Å². The van der Waals surface area contributed by atoms with Gasteiger partial charge >= 0.3 is 0 Å². The Hall–Kier alpha value is -0.530. The smallest absolute Gasteiger partial charge is 0.184 e. The van der Waals surface area contributed by atoms with Crippen LogP contribution in [-0.4, -0.2) is 32.1 Å². The summed E-state index contributed by atoms with van der Waals surface area (Å²) in [6.45, 7) is 0.622. The molecule has 0 radical (unpaired) electrons. The number of aromatic amines is 1. The van der Waals surface area contributed by atoms with Gasteiger partial charge in [-0.2, -0.15) is 23.5 Å². The van der Waals surface area contributed by atoms with Crippen molar-refractivity contribution in [3.8, 4) is 0 Å². The molecular weight excluding hydrogens is 306 g/mol. The Morgan fingerprint density at radius 1 is 1.37 bits per heavy atom. The minimum absolute atomic E-state index is 0.251. The number of nitrogens with zero attached hydrogens (tertiary/aromatic N) is 1. The number of imidazole rings is 1. The van der Waals surface area contributed by atoms with Crippen molar-refractivity contribution >= 4 is 46.8 Å². The first-order chi connectivity index (χ1) is 9.16. The molecule has 0 saturated carbocycles. The topological polar surface area (TPSA) is 20.7 Å². The number of H-pyrrole nitrogens is 1. The molecule has 2 nitrogen and oxygen atoms in total. The normalized spacial score (nSPS) is 20.0. The predicted octanol–water partition coefficient (Wildman–Crippen LogP) is 3.83. The summed E-state index contributed by atoms with van der Waals surface area (Å²) >= 11 is 8.99. The van der Waals surface area contributed by atoms with Gasteiger partial charge in [0.15, 0.2) is 16.4 Å². The Balaban J connectivity index is 2.04.